The first kappa shape index (κ1) is 23.8. The molecule has 0 unspecified atom stereocenters. The van der Waals surface area contributed by atoms with Crippen LogP contribution in [0.1, 0.15) is 50.5 Å². The summed E-state index contributed by atoms with van der Waals surface area (Å²) in [4.78, 5) is 37.3. The summed E-state index contributed by atoms with van der Waals surface area (Å²) in [6, 6.07) is 0.680. The standard InChI is InChI=1S/C23H27F3N4O5/c24-23(25,26)17-8-18(29(32)33)21(19(9-17)30(34)35)28-3-1-27(2-4-28)20(31)13-22-10-14-5-15(11-22)7-16(6-14)12-22/h8-9,14-16H,1-7,10-13H2. The van der Waals surface area contributed by atoms with Gasteiger partial charge in [-0.25, -0.2) is 0 Å². The second-order valence-corrected chi connectivity index (χ2v) is 10.8. The minimum atomic E-state index is -4.96. The van der Waals surface area contributed by atoms with Crippen LogP contribution in [0.2, 0.25) is 0 Å². The number of hydrogen-bond acceptors (Lipinski definition) is 6. The van der Waals surface area contributed by atoms with E-state index in [9.17, 15) is 38.2 Å². The van der Waals surface area contributed by atoms with Crippen molar-refractivity contribution in [2.75, 3.05) is 31.1 Å². The van der Waals surface area contributed by atoms with Gasteiger partial charge in [0.15, 0.2) is 5.69 Å². The van der Waals surface area contributed by atoms with Gasteiger partial charge in [-0.1, -0.05) is 0 Å². The number of nitrogens with zero attached hydrogens (tertiary/aromatic N) is 4. The first-order valence-corrected chi connectivity index (χ1v) is 12.0. The highest BCUT2D eigenvalue weighted by atomic mass is 19.4. The summed E-state index contributed by atoms with van der Waals surface area (Å²) >= 11 is 0. The Bertz CT molecular complexity index is 997. The molecule has 1 aromatic rings. The molecule has 5 fully saturated rings. The number of carbonyl (C=O) groups excluding carboxylic acids is 1. The number of hydrogen-bond donors (Lipinski definition) is 0. The lowest BCUT2D eigenvalue weighted by molar-refractivity contribution is -0.393. The fourth-order valence-corrected chi connectivity index (χ4v) is 7.49. The van der Waals surface area contributed by atoms with Gasteiger partial charge in [0.05, 0.1) is 15.4 Å². The van der Waals surface area contributed by atoms with E-state index in [2.05, 4.69) is 0 Å². The molecule has 190 valence electrons. The van der Waals surface area contributed by atoms with Crippen LogP contribution in [0, 0.1) is 43.4 Å². The van der Waals surface area contributed by atoms with Crippen LogP contribution in [0.15, 0.2) is 12.1 Å². The zero-order chi connectivity index (χ0) is 25.1. The quantitative estimate of drug-likeness (QED) is 0.429. The number of nitro benzene ring substituents is 2. The van der Waals surface area contributed by atoms with Crippen molar-refractivity contribution in [2.24, 2.45) is 23.2 Å². The van der Waals surface area contributed by atoms with Crippen LogP contribution in [0.25, 0.3) is 0 Å². The number of anilines is 1. The summed E-state index contributed by atoms with van der Waals surface area (Å²) in [6.07, 6.45) is 2.62. The number of amides is 1. The fraction of sp³-hybridized carbons (Fsp3) is 0.696. The van der Waals surface area contributed by atoms with Gasteiger partial charge in [-0.2, -0.15) is 13.2 Å². The Morgan fingerprint density at radius 1 is 0.914 bits per heavy atom. The van der Waals surface area contributed by atoms with Gasteiger partial charge < -0.3 is 9.80 Å². The van der Waals surface area contributed by atoms with Crippen molar-refractivity contribution in [3.8, 4) is 0 Å². The van der Waals surface area contributed by atoms with Crippen molar-refractivity contribution in [1.82, 2.24) is 4.90 Å². The molecule has 4 saturated carbocycles. The molecule has 0 aromatic heterocycles. The minimum absolute atomic E-state index is 0.0306. The molecule has 1 aromatic carbocycles. The maximum absolute atomic E-state index is 13.2. The highest BCUT2D eigenvalue weighted by molar-refractivity contribution is 5.79. The zero-order valence-electron chi connectivity index (χ0n) is 19.1. The van der Waals surface area contributed by atoms with Gasteiger partial charge in [0, 0.05) is 44.7 Å². The Morgan fingerprint density at radius 2 is 1.37 bits per heavy atom. The maximum Gasteiger partial charge on any atom is 0.416 e. The molecule has 9 nitrogen and oxygen atoms in total. The van der Waals surface area contributed by atoms with E-state index in [1.807, 2.05) is 0 Å². The third-order valence-corrected chi connectivity index (χ3v) is 8.43. The topological polar surface area (TPSA) is 110 Å². The van der Waals surface area contributed by atoms with E-state index < -0.39 is 38.6 Å². The molecule has 0 spiro atoms. The lowest BCUT2D eigenvalue weighted by Gasteiger charge is -2.57. The van der Waals surface area contributed by atoms with Crippen molar-refractivity contribution in [2.45, 2.75) is 51.1 Å². The molecule has 1 aliphatic heterocycles. The molecule has 0 atom stereocenters. The minimum Gasteiger partial charge on any atom is -0.357 e. The summed E-state index contributed by atoms with van der Waals surface area (Å²) in [7, 11) is 0. The lowest BCUT2D eigenvalue weighted by atomic mass is 9.49. The van der Waals surface area contributed by atoms with E-state index in [4.69, 9.17) is 0 Å². The molecule has 6 rings (SSSR count). The molecule has 0 radical (unpaired) electrons. The van der Waals surface area contributed by atoms with Crippen molar-refractivity contribution in [1.29, 1.82) is 0 Å². The molecule has 1 heterocycles. The van der Waals surface area contributed by atoms with Gasteiger partial charge in [-0.15, -0.1) is 0 Å². The Hall–Kier alpha value is -2.92. The monoisotopic (exact) mass is 496 g/mol. The molecule has 12 heteroatoms. The second kappa shape index (κ2) is 8.34. The van der Waals surface area contributed by atoms with Gasteiger partial charge in [0.25, 0.3) is 11.4 Å². The van der Waals surface area contributed by atoms with Crippen molar-refractivity contribution >= 4 is 23.0 Å². The number of carbonyl (C=O) groups is 1. The Balaban J connectivity index is 1.32. The van der Waals surface area contributed by atoms with E-state index in [1.54, 1.807) is 4.90 Å². The van der Waals surface area contributed by atoms with Crippen molar-refractivity contribution in [3.05, 3.63) is 37.9 Å². The number of halogens is 3. The van der Waals surface area contributed by atoms with Crippen LogP contribution in [0.5, 0.6) is 0 Å². The van der Waals surface area contributed by atoms with Gasteiger partial charge in [-0.05, 0) is 61.7 Å². The van der Waals surface area contributed by atoms with E-state index >= 15 is 0 Å². The summed E-state index contributed by atoms with van der Waals surface area (Å²) in [5.41, 5.74) is -3.74. The molecule has 4 aliphatic carbocycles. The van der Waals surface area contributed by atoms with E-state index in [0.717, 1.165) is 19.3 Å². The number of alkyl halides is 3. The van der Waals surface area contributed by atoms with Gasteiger partial charge in [-0.3, -0.25) is 25.0 Å². The largest absolute Gasteiger partial charge is 0.416 e. The Kier molecular flexibility index (Phi) is 5.67. The van der Waals surface area contributed by atoms with Crippen LogP contribution in [0.4, 0.5) is 30.2 Å². The Labute approximate surface area is 199 Å². The summed E-state index contributed by atoms with van der Waals surface area (Å²) in [5.74, 6) is 2.17. The number of piperazine rings is 1. The average molecular weight is 496 g/mol. The fourth-order valence-electron chi connectivity index (χ4n) is 7.49. The van der Waals surface area contributed by atoms with E-state index in [1.165, 1.54) is 24.2 Å². The third kappa shape index (κ3) is 4.42. The maximum atomic E-state index is 13.2. The first-order valence-electron chi connectivity index (χ1n) is 12.0. The lowest BCUT2D eigenvalue weighted by Crippen LogP contribution is -2.52. The van der Waals surface area contributed by atoms with Crippen LogP contribution >= 0.6 is 0 Å². The van der Waals surface area contributed by atoms with Crippen molar-refractivity contribution in [3.63, 3.8) is 0 Å². The molecule has 0 N–H and O–H groups in total. The highest BCUT2D eigenvalue weighted by Gasteiger charge is 2.52. The predicted molar refractivity (Wildman–Crippen MR) is 119 cm³/mol. The van der Waals surface area contributed by atoms with E-state index in [-0.39, 0.29) is 37.5 Å². The summed E-state index contributed by atoms with van der Waals surface area (Å²) in [6.45, 7) is 0.556. The summed E-state index contributed by atoms with van der Waals surface area (Å²) in [5, 5.41) is 23.1. The normalized spacial score (nSPS) is 30.0. The number of rotatable bonds is 5. The Morgan fingerprint density at radius 3 is 1.77 bits per heavy atom. The second-order valence-electron chi connectivity index (χ2n) is 10.8. The van der Waals surface area contributed by atoms with E-state index in [0.29, 0.717) is 36.3 Å². The smallest absolute Gasteiger partial charge is 0.357 e. The third-order valence-electron chi connectivity index (χ3n) is 8.43. The molecule has 4 bridgehead atoms. The zero-order valence-corrected chi connectivity index (χ0v) is 19.1. The number of benzene rings is 1. The van der Waals surface area contributed by atoms with Crippen LogP contribution < -0.4 is 4.90 Å². The van der Waals surface area contributed by atoms with Crippen LogP contribution in [-0.2, 0) is 11.0 Å². The van der Waals surface area contributed by atoms with Gasteiger partial charge in [0.1, 0.15) is 0 Å². The average Bonchev–Trinajstić information content (AvgIpc) is 2.76. The van der Waals surface area contributed by atoms with Crippen LogP contribution in [0.3, 0.4) is 0 Å². The van der Waals surface area contributed by atoms with Gasteiger partial charge in [0.2, 0.25) is 5.91 Å². The molecule has 1 amide bonds. The molecular formula is C23H27F3N4O5. The highest BCUT2D eigenvalue weighted by Crippen LogP contribution is 2.61. The summed E-state index contributed by atoms with van der Waals surface area (Å²) < 4.78 is 39.6. The first-order chi connectivity index (χ1) is 16.4. The van der Waals surface area contributed by atoms with Crippen LogP contribution in [-0.4, -0.2) is 46.8 Å². The molecular weight excluding hydrogens is 469 g/mol. The van der Waals surface area contributed by atoms with Crippen molar-refractivity contribution < 1.29 is 27.8 Å². The van der Waals surface area contributed by atoms with Gasteiger partial charge >= 0.3 is 6.18 Å². The predicted octanol–water partition coefficient (Wildman–Crippen LogP) is 4.78. The molecule has 35 heavy (non-hydrogen) atoms. The number of nitro groups is 2. The molecule has 1 saturated heterocycles. The molecule has 5 aliphatic rings. The SMILES string of the molecule is O=C(CC12CC3CC(CC(C3)C1)C2)N1CCN(c2c([N+](=O)[O-])cc(C(F)(F)F)cc2[N+](=O)[O-])CC1.